The van der Waals surface area contributed by atoms with Crippen LogP contribution in [0.15, 0.2) is 12.2 Å². The van der Waals surface area contributed by atoms with Crippen molar-refractivity contribution < 1.29 is 24.5 Å². The van der Waals surface area contributed by atoms with E-state index in [9.17, 15) is 19.8 Å². The number of carbonyl (C=O) groups excluding carboxylic acids is 2. The van der Waals surface area contributed by atoms with Gasteiger partial charge in [0, 0.05) is 12.8 Å². The van der Waals surface area contributed by atoms with E-state index in [0.717, 1.165) is 44.9 Å². The molecule has 0 saturated carbocycles. The molecule has 0 rings (SSSR count). The molecule has 0 aromatic rings. The van der Waals surface area contributed by atoms with E-state index in [-0.39, 0.29) is 18.5 Å². The van der Waals surface area contributed by atoms with E-state index >= 15 is 0 Å². The second kappa shape index (κ2) is 73.1. The van der Waals surface area contributed by atoms with Crippen molar-refractivity contribution in [2.45, 2.75) is 456 Å². The fourth-order valence-electron chi connectivity index (χ4n) is 12.5. The first-order valence-electron chi connectivity index (χ1n) is 38.4. The van der Waals surface area contributed by atoms with Gasteiger partial charge in [-0.15, -0.1) is 0 Å². The number of aliphatic hydroxyl groups is 2. The average Bonchev–Trinajstić information content (AvgIpc) is 3.49. The Morgan fingerprint density at radius 1 is 0.325 bits per heavy atom. The Labute approximate surface area is 520 Å². The van der Waals surface area contributed by atoms with Crippen molar-refractivity contribution in [3.05, 3.63) is 12.2 Å². The Bertz CT molecular complexity index is 1260. The Morgan fingerprint density at radius 2 is 0.566 bits per heavy atom. The monoisotopic (exact) mass is 1170 g/mol. The summed E-state index contributed by atoms with van der Waals surface area (Å²) in [6, 6.07) is -0.538. The Morgan fingerprint density at radius 3 is 0.867 bits per heavy atom. The highest BCUT2D eigenvalue weighted by atomic mass is 16.5. The Kier molecular flexibility index (Phi) is 71.8. The molecule has 0 aliphatic carbocycles. The highest BCUT2D eigenvalue weighted by Gasteiger charge is 2.20. The van der Waals surface area contributed by atoms with Crippen LogP contribution >= 0.6 is 0 Å². The molecule has 0 aliphatic rings. The minimum Gasteiger partial charge on any atom is -0.466 e. The van der Waals surface area contributed by atoms with Gasteiger partial charge in [-0.25, -0.2) is 0 Å². The highest BCUT2D eigenvalue weighted by molar-refractivity contribution is 5.76. The summed E-state index contributed by atoms with van der Waals surface area (Å²) in [5, 5.41) is 23.4. The van der Waals surface area contributed by atoms with E-state index in [2.05, 4.69) is 31.3 Å². The van der Waals surface area contributed by atoms with Crippen LogP contribution in [-0.4, -0.2) is 47.4 Å². The van der Waals surface area contributed by atoms with Gasteiger partial charge in [0.25, 0.3) is 0 Å². The van der Waals surface area contributed by atoms with Gasteiger partial charge in [0.1, 0.15) is 0 Å². The van der Waals surface area contributed by atoms with Gasteiger partial charge in [0.15, 0.2) is 0 Å². The number of allylic oxidation sites excluding steroid dienone is 2. The molecule has 0 saturated heterocycles. The smallest absolute Gasteiger partial charge is 0.305 e. The standard InChI is InChI=1S/C77H151NO5/c1-3-5-7-9-11-13-15-17-18-19-20-36-39-42-46-49-53-57-61-65-69-75(80)74(73-79)78-76(81)70-66-62-58-54-50-47-43-40-37-34-32-30-28-26-24-22-21-23-25-27-29-31-33-35-38-41-44-48-52-56-60-64-68-72-83-77(82)71-67-63-59-55-51-45-16-14-12-10-8-6-4-2/h14,16,74-75,79-80H,3-13,15,17-73H2,1-2H3,(H,78,81)/b16-14-. The van der Waals surface area contributed by atoms with E-state index in [0.29, 0.717) is 25.9 Å². The number of nitrogens with one attached hydrogen (secondary N) is 1. The lowest BCUT2D eigenvalue weighted by atomic mass is 10.0. The van der Waals surface area contributed by atoms with Gasteiger partial charge in [-0.3, -0.25) is 9.59 Å². The molecular formula is C77H151NO5. The number of aliphatic hydroxyl groups excluding tert-OH is 2. The van der Waals surface area contributed by atoms with Crippen LogP contribution < -0.4 is 5.32 Å². The molecule has 6 nitrogen and oxygen atoms in total. The molecule has 494 valence electrons. The molecule has 0 aliphatic heterocycles. The van der Waals surface area contributed by atoms with Crippen molar-refractivity contribution in [1.29, 1.82) is 0 Å². The predicted molar refractivity (Wildman–Crippen MR) is 366 cm³/mol. The quantitative estimate of drug-likeness (QED) is 0.0320. The molecule has 0 fully saturated rings. The molecule has 0 bridgehead atoms. The van der Waals surface area contributed by atoms with Crippen LogP contribution in [0, 0.1) is 0 Å². The van der Waals surface area contributed by atoms with Crippen LogP contribution in [0.2, 0.25) is 0 Å². The molecular weight excluding hydrogens is 1020 g/mol. The maximum Gasteiger partial charge on any atom is 0.305 e. The molecule has 0 aromatic heterocycles. The van der Waals surface area contributed by atoms with E-state index in [4.69, 9.17) is 4.74 Å². The zero-order valence-electron chi connectivity index (χ0n) is 56.7. The topological polar surface area (TPSA) is 95.9 Å². The number of unbranched alkanes of at least 4 members (excludes halogenated alkanes) is 60. The van der Waals surface area contributed by atoms with Crippen molar-refractivity contribution in [2.24, 2.45) is 0 Å². The number of rotatable bonds is 73. The van der Waals surface area contributed by atoms with E-state index in [1.165, 1.54) is 366 Å². The highest BCUT2D eigenvalue weighted by Crippen LogP contribution is 2.20. The number of hydrogen-bond donors (Lipinski definition) is 3. The van der Waals surface area contributed by atoms with Gasteiger partial charge in [-0.2, -0.15) is 0 Å². The Hall–Kier alpha value is -1.40. The van der Waals surface area contributed by atoms with Crippen molar-refractivity contribution in [3.63, 3.8) is 0 Å². The van der Waals surface area contributed by atoms with Gasteiger partial charge in [-0.1, -0.05) is 392 Å². The van der Waals surface area contributed by atoms with Gasteiger partial charge in [0.2, 0.25) is 5.91 Å². The van der Waals surface area contributed by atoms with Crippen molar-refractivity contribution in [3.8, 4) is 0 Å². The molecule has 0 spiro atoms. The molecule has 83 heavy (non-hydrogen) atoms. The first kappa shape index (κ1) is 81.6. The molecule has 2 unspecified atom stereocenters. The summed E-state index contributed by atoms with van der Waals surface area (Å²) in [6.07, 6.45) is 91.5. The van der Waals surface area contributed by atoms with Crippen LogP contribution in [0.1, 0.15) is 444 Å². The number of esters is 1. The zero-order valence-corrected chi connectivity index (χ0v) is 56.7. The molecule has 6 heteroatoms. The van der Waals surface area contributed by atoms with E-state index in [1.54, 1.807) is 0 Å². The van der Waals surface area contributed by atoms with Gasteiger partial charge < -0.3 is 20.3 Å². The third kappa shape index (κ3) is 69.6. The fraction of sp³-hybridized carbons (Fsp3) is 0.948. The van der Waals surface area contributed by atoms with Crippen LogP contribution in [0.5, 0.6) is 0 Å². The van der Waals surface area contributed by atoms with E-state index < -0.39 is 12.1 Å². The molecule has 0 radical (unpaired) electrons. The van der Waals surface area contributed by atoms with Crippen molar-refractivity contribution in [2.75, 3.05) is 13.2 Å². The SMILES string of the molecule is CCCCCC/C=C\CCCCCCCC(=O)OCCCCCCCCCCCCCCCCCCCCCCCCCCCCCCCCCCCC(=O)NC(CO)C(O)CCCCCCCCCCCCCCCCCCCCCC. The van der Waals surface area contributed by atoms with Crippen LogP contribution in [0.25, 0.3) is 0 Å². The Balaban J connectivity index is 3.32. The van der Waals surface area contributed by atoms with E-state index in [1.807, 2.05) is 0 Å². The third-order valence-corrected chi connectivity index (χ3v) is 18.3. The second-order valence-corrected chi connectivity index (χ2v) is 26.7. The third-order valence-electron chi connectivity index (χ3n) is 18.3. The average molecular weight is 1170 g/mol. The zero-order chi connectivity index (χ0) is 59.9. The second-order valence-electron chi connectivity index (χ2n) is 26.7. The summed E-state index contributed by atoms with van der Waals surface area (Å²) >= 11 is 0. The normalized spacial score (nSPS) is 12.5. The predicted octanol–water partition coefficient (Wildman–Crippen LogP) is 25.1. The maximum atomic E-state index is 12.6. The van der Waals surface area contributed by atoms with Crippen molar-refractivity contribution >= 4 is 11.9 Å². The van der Waals surface area contributed by atoms with Crippen LogP contribution in [0.4, 0.5) is 0 Å². The summed E-state index contributed by atoms with van der Waals surface area (Å²) in [5.41, 5.74) is 0. The molecule has 0 heterocycles. The summed E-state index contributed by atoms with van der Waals surface area (Å²) in [6.45, 7) is 4.99. The lowest BCUT2D eigenvalue weighted by molar-refractivity contribution is -0.143. The van der Waals surface area contributed by atoms with Gasteiger partial charge >= 0.3 is 5.97 Å². The number of carbonyl (C=O) groups is 2. The molecule has 1 amide bonds. The first-order chi connectivity index (χ1) is 41.0. The number of hydrogen-bond acceptors (Lipinski definition) is 5. The largest absolute Gasteiger partial charge is 0.466 e. The summed E-state index contributed by atoms with van der Waals surface area (Å²) in [4.78, 5) is 24.6. The minimum absolute atomic E-state index is 0.0134. The first-order valence-corrected chi connectivity index (χ1v) is 38.4. The fourth-order valence-corrected chi connectivity index (χ4v) is 12.5. The van der Waals surface area contributed by atoms with Crippen molar-refractivity contribution in [1.82, 2.24) is 5.32 Å². The summed E-state index contributed by atoms with van der Waals surface area (Å²) in [7, 11) is 0. The summed E-state index contributed by atoms with van der Waals surface area (Å²) in [5.74, 6) is -0.0114. The maximum absolute atomic E-state index is 12.6. The summed E-state index contributed by atoms with van der Waals surface area (Å²) < 4.78 is 5.49. The lowest BCUT2D eigenvalue weighted by Gasteiger charge is -2.22. The lowest BCUT2D eigenvalue weighted by Crippen LogP contribution is -2.45. The molecule has 3 N–H and O–H groups in total. The van der Waals surface area contributed by atoms with Crippen LogP contribution in [0.3, 0.4) is 0 Å². The number of ether oxygens (including phenoxy) is 1. The number of amides is 1. The molecule has 2 atom stereocenters. The van der Waals surface area contributed by atoms with Crippen LogP contribution in [-0.2, 0) is 14.3 Å². The van der Waals surface area contributed by atoms with Gasteiger partial charge in [-0.05, 0) is 51.4 Å². The minimum atomic E-state index is -0.661. The molecule has 0 aromatic carbocycles. The van der Waals surface area contributed by atoms with Gasteiger partial charge in [0.05, 0.1) is 25.4 Å².